The molecule has 7 nitrogen and oxygen atoms in total. The van der Waals surface area contributed by atoms with E-state index in [1.54, 1.807) is 32.5 Å². The molecule has 1 aliphatic rings. The van der Waals surface area contributed by atoms with Gasteiger partial charge in [-0.1, -0.05) is 17.7 Å². The van der Waals surface area contributed by atoms with Crippen molar-refractivity contribution in [3.05, 3.63) is 58.8 Å². The van der Waals surface area contributed by atoms with E-state index in [0.29, 0.717) is 35.8 Å². The van der Waals surface area contributed by atoms with Crippen LogP contribution >= 0.6 is 11.6 Å². The zero-order chi connectivity index (χ0) is 20.4. The van der Waals surface area contributed by atoms with E-state index < -0.39 is 0 Å². The highest BCUT2D eigenvalue weighted by Crippen LogP contribution is 2.35. The molecule has 0 N–H and O–H groups in total. The van der Waals surface area contributed by atoms with E-state index in [2.05, 4.69) is 20.1 Å². The summed E-state index contributed by atoms with van der Waals surface area (Å²) in [5.74, 6) is 1.78. The predicted octanol–water partition coefficient (Wildman–Crippen LogP) is 3.60. The summed E-state index contributed by atoms with van der Waals surface area (Å²) in [6, 6.07) is 8.27. The lowest BCUT2D eigenvalue weighted by Crippen LogP contribution is -2.23. The van der Waals surface area contributed by atoms with Gasteiger partial charge in [-0.2, -0.15) is 0 Å². The summed E-state index contributed by atoms with van der Waals surface area (Å²) in [6.07, 6.45) is 2.61. The second-order valence-electron chi connectivity index (χ2n) is 6.84. The third-order valence-corrected chi connectivity index (χ3v) is 5.38. The fraction of sp³-hybridized carbons (Fsp3) is 0.350. The Morgan fingerprint density at radius 2 is 2.07 bits per heavy atom. The molecule has 0 spiro atoms. The van der Waals surface area contributed by atoms with Gasteiger partial charge in [-0.15, -0.1) is 10.2 Å². The highest BCUT2D eigenvalue weighted by molar-refractivity contribution is 6.31. The van der Waals surface area contributed by atoms with Crippen LogP contribution in [0.15, 0.2) is 36.5 Å². The smallest absolute Gasteiger partial charge is 0.232 e. The molecule has 29 heavy (non-hydrogen) atoms. The molecule has 3 heterocycles. The van der Waals surface area contributed by atoms with Gasteiger partial charge in [0.25, 0.3) is 0 Å². The van der Waals surface area contributed by atoms with Crippen molar-refractivity contribution in [3.63, 3.8) is 0 Å². The fourth-order valence-electron chi connectivity index (χ4n) is 3.65. The summed E-state index contributed by atoms with van der Waals surface area (Å²) in [5.41, 5.74) is 1.77. The maximum absolute atomic E-state index is 13.4. The van der Waals surface area contributed by atoms with Gasteiger partial charge >= 0.3 is 0 Å². The Morgan fingerprint density at radius 3 is 2.76 bits per heavy atom. The molecular weight excluding hydrogens is 397 g/mol. The van der Waals surface area contributed by atoms with Crippen molar-refractivity contribution in [2.45, 2.75) is 18.9 Å². The lowest BCUT2D eigenvalue weighted by Gasteiger charge is -2.20. The quantitative estimate of drug-likeness (QED) is 0.610. The molecule has 4 rings (SSSR count). The van der Waals surface area contributed by atoms with Crippen LogP contribution in [0.5, 0.6) is 5.88 Å². The van der Waals surface area contributed by atoms with Gasteiger partial charge in [0, 0.05) is 37.2 Å². The van der Waals surface area contributed by atoms with Gasteiger partial charge in [-0.3, -0.25) is 4.57 Å². The molecule has 1 fully saturated rings. The molecule has 0 amide bonds. The van der Waals surface area contributed by atoms with E-state index >= 15 is 0 Å². The van der Waals surface area contributed by atoms with E-state index in [4.69, 9.17) is 21.1 Å². The lowest BCUT2D eigenvalue weighted by molar-refractivity contribution is 0.176. The Hall–Kier alpha value is -2.71. The minimum Gasteiger partial charge on any atom is -0.481 e. The van der Waals surface area contributed by atoms with Gasteiger partial charge in [0.1, 0.15) is 12.4 Å². The number of methoxy groups -OCH3 is 2. The highest BCUT2D eigenvalue weighted by Gasteiger charge is 2.30. The molecule has 1 saturated heterocycles. The number of pyridine rings is 1. The van der Waals surface area contributed by atoms with Crippen molar-refractivity contribution in [1.29, 1.82) is 0 Å². The molecule has 1 aliphatic heterocycles. The third-order valence-electron chi connectivity index (χ3n) is 5.05. The number of aromatic nitrogens is 4. The first kappa shape index (κ1) is 19.6. The molecule has 0 bridgehead atoms. The van der Waals surface area contributed by atoms with E-state index in [1.165, 1.54) is 12.1 Å². The number of nitrogens with zero attached hydrogens (tertiary/aromatic N) is 5. The molecule has 0 aliphatic carbocycles. The number of hydrogen-bond acceptors (Lipinski definition) is 6. The van der Waals surface area contributed by atoms with E-state index in [-0.39, 0.29) is 11.7 Å². The van der Waals surface area contributed by atoms with Gasteiger partial charge in [-0.25, -0.2) is 9.37 Å². The molecule has 1 unspecified atom stereocenters. The van der Waals surface area contributed by atoms with E-state index in [9.17, 15) is 4.39 Å². The zero-order valence-corrected chi connectivity index (χ0v) is 16.9. The number of ether oxygens (including phenoxy) is 2. The van der Waals surface area contributed by atoms with Crippen molar-refractivity contribution in [2.24, 2.45) is 0 Å². The Balaban J connectivity index is 1.64. The Morgan fingerprint density at radius 1 is 1.21 bits per heavy atom. The molecular formula is C20H21ClFN5O2. The normalized spacial score (nSPS) is 16.4. The molecule has 152 valence electrons. The lowest BCUT2D eigenvalue weighted by atomic mass is 9.98. The Labute approximate surface area is 173 Å². The maximum atomic E-state index is 13.4. The van der Waals surface area contributed by atoms with Crippen LogP contribution in [0, 0.1) is 5.82 Å². The first-order valence-electron chi connectivity index (χ1n) is 9.24. The van der Waals surface area contributed by atoms with Crippen molar-refractivity contribution in [3.8, 4) is 11.6 Å². The first-order chi connectivity index (χ1) is 14.1. The topological polar surface area (TPSA) is 65.3 Å². The summed E-state index contributed by atoms with van der Waals surface area (Å²) in [7, 11) is 3.20. The van der Waals surface area contributed by atoms with Gasteiger partial charge in [0.05, 0.1) is 19.0 Å². The fourth-order valence-corrected chi connectivity index (χ4v) is 3.97. The summed E-state index contributed by atoms with van der Waals surface area (Å²) >= 11 is 6.28. The van der Waals surface area contributed by atoms with Crippen LogP contribution in [0.2, 0.25) is 5.02 Å². The van der Waals surface area contributed by atoms with Crippen LogP contribution < -0.4 is 9.64 Å². The van der Waals surface area contributed by atoms with Gasteiger partial charge in [-0.05, 0) is 30.2 Å². The second-order valence-corrected chi connectivity index (χ2v) is 7.25. The van der Waals surface area contributed by atoms with Gasteiger partial charge < -0.3 is 14.4 Å². The number of rotatable bonds is 6. The van der Waals surface area contributed by atoms with Crippen LogP contribution in [0.25, 0.3) is 5.69 Å². The average Bonchev–Trinajstić information content (AvgIpc) is 3.35. The first-order valence-corrected chi connectivity index (χ1v) is 9.62. The summed E-state index contributed by atoms with van der Waals surface area (Å²) in [5, 5.41) is 9.17. The number of halogens is 2. The molecule has 9 heteroatoms. The SMILES string of the molecule is COCc1nnc(N2CCC(c3ccc(F)cc3Cl)C2)n1-c1ccc(OC)nc1. The predicted molar refractivity (Wildman–Crippen MR) is 107 cm³/mol. The molecule has 1 atom stereocenters. The number of anilines is 1. The van der Waals surface area contributed by atoms with Crippen LogP contribution in [-0.4, -0.2) is 47.1 Å². The van der Waals surface area contributed by atoms with Gasteiger partial charge in [0.2, 0.25) is 11.8 Å². The number of hydrogen-bond donors (Lipinski definition) is 0. The summed E-state index contributed by atoms with van der Waals surface area (Å²) in [6.45, 7) is 1.81. The van der Waals surface area contributed by atoms with Crippen LogP contribution in [-0.2, 0) is 11.3 Å². The van der Waals surface area contributed by atoms with Crippen molar-refractivity contribution in [2.75, 3.05) is 32.2 Å². The Bertz CT molecular complexity index is 995. The third kappa shape index (κ3) is 3.90. The monoisotopic (exact) mass is 417 g/mol. The second kappa shape index (κ2) is 8.34. The minimum atomic E-state index is -0.329. The minimum absolute atomic E-state index is 0.188. The molecule has 0 radical (unpaired) electrons. The molecule has 0 saturated carbocycles. The Kier molecular flexibility index (Phi) is 5.64. The molecule has 2 aromatic heterocycles. The van der Waals surface area contributed by atoms with E-state index in [1.807, 2.05) is 10.6 Å². The standard InChI is InChI=1S/C20H21ClFN5O2/c1-28-12-18-24-25-20(27(18)15-4-6-19(29-2)23-10-15)26-8-7-13(11-26)16-5-3-14(22)9-17(16)21/h3-6,9-10,13H,7-8,11-12H2,1-2H3. The molecule has 3 aromatic rings. The van der Waals surface area contributed by atoms with Crippen LogP contribution in [0.4, 0.5) is 10.3 Å². The van der Waals surface area contributed by atoms with Gasteiger partial charge in [0.15, 0.2) is 5.82 Å². The average molecular weight is 418 g/mol. The number of benzene rings is 1. The summed E-state index contributed by atoms with van der Waals surface area (Å²) in [4.78, 5) is 6.45. The summed E-state index contributed by atoms with van der Waals surface area (Å²) < 4.78 is 25.8. The molecule has 1 aromatic carbocycles. The largest absolute Gasteiger partial charge is 0.481 e. The zero-order valence-electron chi connectivity index (χ0n) is 16.2. The maximum Gasteiger partial charge on any atom is 0.232 e. The van der Waals surface area contributed by atoms with Crippen molar-refractivity contribution in [1.82, 2.24) is 19.7 Å². The van der Waals surface area contributed by atoms with Crippen molar-refractivity contribution >= 4 is 17.5 Å². The van der Waals surface area contributed by atoms with Crippen LogP contribution in [0.3, 0.4) is 0 Å². The highest BCUT2D eigenvalue weighted by atomic mass is 35.5. The van der Waals surface area contributed by atoms with Crippen molar-refractivity contribution < 1.29 is 13.9 Å². The van der Waals surface area contributed by atoms with E-state index in [0.717, 1.165) is 24.2 Å². The van der Waals surface area contributed by atoms with Crippen LogP contribution in [0.1, 0.15) is 23.7 Å².